The average Bonchev–Trinajstić information content (AvgIpc) is 3.36. The summed E-state index contributed by atoms with van der Waals surface area (Å²) in [7, 11) is 0. The second-order valence-corrected chi connectivity index (χ2v) is 7.68. The number of rotatable bonds is 7. The second-order valence-electron chi connectivity index (χ2n) is 6.68. The lowest BCUT2D eigenvalue weighted by Gasteiger charge is -2.03. The van der Waals surface area contributed by atoms with Crippen LogP contribution in [0.4, 0.5) is 0 Å². The fourth-order valence-corrected chi connectivity index (χ4v) is 3.79. The van der Waals surface area contributed by atoms with Crippen LogP contribution in [0, 0.1) is 13.8 Å². The van der Waals surface area contributed by atoms with E-state index in [-0.39, 0.29) is 0 Å². The molecule has 0 aliphatic heterocycles. The number of carbonyl (C=O) groups is 1. The highest BCUT2D eigenvalue weighted by Crippen LogP contribution is 2.27. The van der Waals surface area contributed by atoms with Gasteiger partial charge in [-0.15, -0.1) is 0 Å². The van der Waals surface area contributed by atoms with Gasteiger partial charge in [-0.05, 0) is 32.9 Å². The molecule has 0 atom stereocenters. The van der Waals surface area contributed by atoms with E-state index in [4.69, 9.17) is 9.15 Å². The molecule has 0 aliphatic carbocycles. The van der Waals surface area contributed by atoms with Crippen LogP contribution in [0.2, 0.25) is 0 Å². The van der Waals surface area contributed by atoms with Crippen LogP contribution >= 0.6 is 11.8 Å². The number of benzene rings is 1. The molecule has 0 amide bonds. The molecule has 0 fully saturated rings. The summed E-state index contributed by atoms with van der Waals surface area (Å²) in [4.78, 5) is 25.3. The summed E-state index contributed by atoms with van der Waals surface area (Å²) in [6.07, 6.45) is 3.10. The minimum atomic E-state index is -0.398. The zero-order valence-corrected chi connectivity index (χ0v) is 18.2. The summed E-state index contributed by atoms with van der Waals surface area (Å²) in [6, 6.07) is 11.6. The molecule has 0 saturated carbocycles. The first-order chi connectivity index (χ1) is 15.0. The van der Waals surface area contributed by atoms with Crippen molar-refractivity contribution in [3.05, 3.63) is 71.6 Å². The number of hydrogen-bond acceptors (Lipinski definition) is 8. The van der Waals surface area contributed by atoms with Gasteiger partial charge in [-0.2, -0.15) is 5.10 Å². The summed E-state index contributed by atoms with van der Waals surface area (Å²) in [5.74, 6) is 2.16. The molecule has 0 bridgehead atoms. The van der Waals surface area contributed by atoms with E-state index in [1.807, 2.05) is 43.3 Å². The maximum Gasteiger partial charge on any atom is 0.341 e. The molecule has 4 rings (SSSR count). The van der Waals surface area contributed by atoms with Gasteiger partial charge in [-0.3, -0.25) is 0 Å². The predicted molar refractivity (Wildman–Crippen MR) is 116 cm³/mol. The monoisotopic (exact) mass is 435 g/mol. The summed E-state index contributed by atoms with van der Waals surface area (Å²) >= 11 is 1.52. The van der Waals surface area contributed by atoms with Gasteiger partial charge in [0, 0.05) is 23.6 Å². The van der Waals surface area contributed by atoms with Gasteiger partial charge in [0.25, 0.3) is 0 Å². The highest BCUT2D eigenvalue weighted by Gasteiger charge is 2.16. The van der Waals surface area contributed by atoms with Crippen LogP contribution < -0.4 is 0 Å². The number of hydrogen-bond donors (Lipinski definition) is 0. The fraction of sp³-hybridized carbons (Fsp3) is 0.227. The molecule has 1 aromatic carbocycles. The van der Waals surface area contributed by atoms with E-state index in [1.165, 1.54) is 18.1 Å². The Hall–Kier alpha value is -3.46. The Bertz CT molecular complexity index is 1200. The third-order valence-corrected chi connectivity index (χ3v) is 5.46. The normalized spacial score (nSPS) is 10.9. The molecule has 0 N–H and O–H groups in total. The van der Waals surface area contributed by atoms with Crippen LogP contribution in [0.3, 0.4) is 0 Å². The van der Waals surface area contributed by atoms with Crippen molar-refractivity contribution < 1.29 is 13.9 Å². The smallest absolute Gasteiger partial charge is 0.341 e. The molecule has 31 heavy (non-hydrogen) atoms. The van der Waals surface area contributed by atoms with E-state index in [0.29, 0.717) is 35.3 Å². The standard InChI is InChI=1S/C22H21N5O3S/c1-4-29-22(28)17-11-27(26-14(17)2)19-10-20(24-13-23-19)31-12-18-15(3)30-21(25-18)16-8-6-5-7-9-16/h5-11,13H,4,12H2,1-3H3. The molecule has 0 unspecified atom stereocenters. The topological polar surface area (TPSA) is 95.9 Å². The van der Waals surface area contributed by atoms with E-state index in [9.17, 15) is 4.79 Å². The first kappa shape index (κ1) is 20.8. The van der Waals surface area contributed by atoms with Crippen molar-refractivity contribution in [3.8, 4) is 17.3 Å². The van der Waals surface area contributed by atoms with Crippen molar-refractivity contribution in [1.82, 2.24) is 24.7 Å². The van der Waals surface area contributed by atoms with Crippen molar-refractivity contribution in [2.75, 3.05) is 6.61 Å². The van der Waals surface area contributed by atoms with Crippen molar-refractivity contribution >= 4 is 17.7 Å². The van der Waals surface area contributed by atoms with Gasteiger partial charge < -0.3 is 9.15 Å². The van der Waals surface area contributed by atoms with E-state index in [1.54, 1.807) is 24.7 Å². The third kappa shape index (κ3) is 4.66. The van der Waals surface area contributed by atoms with Gasteiger partial charge >= 0.3 is 5.97 Å². The lowest BCUT2D eigenvalue weighted by Crippen LogP contribution is -2.04. The molecule has 4 aromatic rings. The highest BCUT2D eigenvalue weighted by atomic mass is 32.2. The van der Waals surface area contributed by atoms with Gasteiger partial charge in [-0.1, -0.05) is 30.0 Å². The number of aromatic nitrogens is 5. The lowest BCUT2D eigenvalue weighted by atomic mass is 10.2. The fourth-order valence-electron chi connectivity index (χ4n) is 2.93. The Labute approximate surface area is 183 Å². The number of carbonyl (C=O) groups excluding carboxylic acids is 1. The molecular weight excluding hydrogens is 414 g/mol. The largest absolute Gasteiger partial charge is 0.462 e. The quantitative estimate of drug-likeness (QED) is 0.239. The van der Waals surface area contributed by atoms with Crippen LogP contribution in [0.25, 0.3) is 17.3 Å². The summed E-state index contributed by atoms with van der Waals surface area (Å²) in [5, 5.41) is 5.15. The minimum absolute atomic E-state index is 0.311. The van der Waals surface area contributed by atoms with Gasteiger partial charge in [0.1, 0.15) is 22.7 Å². The molecule has 0 saturated heterocycles. The zero-order valence-electron chi connectivity index (χ0n) is 17.4. The van der Waals surface area contributed by atoms with Gasteiger partial charge in [-0.25, -0.2) is 24.4 Å². The Morgan fingerprint density at radius 1 is 1.19 bits per heavy atom. The lowest BCUT2D eigenvalue weighted by molar-refractivity contribution is 0.0525. The number of ether oxygens (including phenoxy) is 1. The number of esters is 1. The van der Waals surface area contributed by atoms with E-state index < -0.39 is 5.97 Å². The van der Waals surface area contributed by atoms with E-state index >= 15 is 0 Å². The highest BCUT2D eigenvalue weighted by molar-refractivity contribution is 7.98. The van der Waals surface area contributed by atoms with Crippen LogP contribution in [-0.4, -0.2) is 37.3 Å². The zero-order chi connectivity index (χ0) is 21.8. The van der Waals surface area contributed by atoms with Crippen LogP contribution in [0.15, 0.2) is 58.4 Å². The number of oxazole rings is 1. The van der Waals surface area contributed by atoms with Crippen molar-refractivity contribution in [2.24, 2.45) is 0 Å². The third-order valence-electron chi connectivity index (χ3n) is 4.53. The first-order valence-electron chi connectivity index (χ1n) is 9.75. The molecule has 3 aromatic heterocycles. The number of thioether (sulfide) groups is 1. The molecule has 8 nitrogen and oxygen atoms in total. The Morgan fingerprint density at radius 3 is 2.77 bits per heavy atom. The van der Waals surface area contributed by atoms with Crippen molar-refractivity contribution in [1.29, 1.82) is 0 Å². The maximum absolute atomic E-state index is 12.0. The molecule has 0 radical (unpaired) electrons. The predicted octanol–water partition coefficient (Wildman–Crippen LogP) is 4.40. The second kappa shape index (κ2) is 9.13. The molecular formula is C22H21N5O3S. The van der Waals surface area contributed by atoms with Crippen molar-refractivity contribution in [3.63, 3.8) is 0 Å². The summed E-state index contributed by atoms with van der Waals surface area (Å²) in [6.45, 7) is 5.75. The Kier molecular flexibility index (Phi) is 6.13. The number of aryl methyl sites for hydroxylation is 2. The molecule has 3 heterocycles. The Morgan fingerprint density at radius 2 is 2.00 bits per heavy atom. The van der Waals surface area contributed by atoms with Gasteiger partial charge in [0.05, 0.1) is 18.0 Å². The number of nitrogens with zero attached hydrogens (tertiary/aromatic N) is 5. The maximum atomic E-state index is 12.0. The van der Waals surface area contributed by atoms with E-state index in [2.05, 4.69) is 20.1 Å². The SMILES string of the molecule is CCOC(=O)c1cn(-c2cc(SCc3nc(-c4ccccc4)oc3C)ncn2)nc1C. The summed E-state index contributed by atoms with van der Waals surface area (Å²) < 4.78 is 12.5. The van der Waals surface area contributed by atoms with Crippen molar-refractivity contribution in [2.45, 2.75) is 31.6 Å². The summed E-state index contributed by atoms with van der Waals surface area (Å²) in [5.41, 5.74) is 2.81. The minimum Gasteiger partial charge on any atom is -0.462 e. The van der Waals surface area contributed by atoms with Gasteiger partial charge in [0.2, 0.25) is 5.89 Å². The van der Waals surface area contributed by atoms with Crippen LogP contribution in [0.5, 0.6) is 0 Å². The molecule has 0 spiro atoms. The molecule has 0 aliphatic rings. The van der Waals surface area contributed by atoms with E-state index in [0.717, 1.165) is 22.0 Å². The average molecular weight is 436 g/mol. The Balaban J connectivity index is 1.50. The van der Waals surface area contributed by atoms with Gasteiger partial charge in [0.15, 0.2) is 5.82 Å². The molecule has 9 heteroatoms. The van der Waals surface area contributed by atoms with Crippen LogP contribution in [-0.2, 0) is 10.5 Å². The van der Waals surface area contributed by atoms with Crippen LogP contribution in [0.1, 0.15) is 34.4 Å². The first-order valence-corrected chi connectivity index (χ1v) is 10.7. The molecule has 158 valence electrons.